The first-order valence-electron chi connectivity index (χ1n) is 11.7. The van der Waals surface area contributed by atoms with Crippen LogP contribution in [0.1, 0.15) is 22.3 Å². The molecule has 0 fully saturated rings. The van der Waals surface area contributed by atoms with E-state index in [1.165, 1.54) is 0 Å². The molecule has 1 spiro atoms. The quantitative estimate of drug-likeness (QED) is 0.218. The van der Waals surface area contributed by atoms with Crippen LogP contribution in [0.2, 0.25) is 10.0 Å². The highest BCUT2D eigenvalue weighted by atomic mass is 79.9. The van der Waals surface area contributed by atoms with Crippen molar-refractivity contribution in [2.24, 2.45) is 0 Å². The molecule has 37 heavy (non-hydrogen) atoms. The molecular weight excluding hydrogens is 635 g/mol. The monoisotopic (exact) mass is 652 g/mol. The molecule has 4 aromatic rings. The zero-order valence-corrected chi connectivity index (χ0v) is 24.1. The number of halogens is 4. The van der Waals surface area contributed by atoms with E-state index in [4.69, 9.17) is 32.7 Å². The molecule has 0 radical (unpaired) electrons. The van der Waals surface area contributed by atoms with Crippen LogP contribution >= 0.6 is 55.1 Å². The molecule has 2 aliphatic rings. The third kappa shape index (κ3) is 3.89. The molecule has 0 saturated carbocycles. The fourth-order valence-corrected chi connectivity index (χ4v) is 7.45. The molecule has 0 saturated heterocycles. The average molecular weight is 655 g/mol. The predicted molar refractivity (Wildman–Crippen MR) is 156 cm³/mol. The molecule has 6 rings (SSSR count). The van der Waals surface area contributed by atoms with Gasteiger partial charge in [0, 0.05) is 30.1 Å². The minimum Gasteiger partial charge on any atom is -0.321 e. The van der Waals surface area contributed by atoms with Gasteiger partial charge in [-0.1, -0.05) is 152 Å². The van der Waals surface area contributed by atoms with Crippen molar-refractivity contribution in [1.82, 2.24) is 0 Å². The van der Waals surface area contributed by atoms with Crippen LogP contribution < -0.4 is 0 Å². The summed E-state index contributed by atoms with van der Waals surface area (Å²) in [6.45, 7) is 0. The normalized spacial score (nSPS) is 24.2. The van der Waals surface area contributed by atoms with Crippen LogP contribution in [0.5, 0.6) is 0 Å². The lowest BCUT2D eigenvalue weighted by atomic mass is 9.86. The smallest absolute Gasteiger partial charge is 0.213 e. The minimum absolute atomic E-state index is 0.593. The van der Waals surface area contributed by atoms with E-state index in [-0.39, 0.29) is 0 Å². The first kappa shape index (κ1) is 25.1. The van der Waals surface area contributed by atoms with Crippen LogP contribution in [0.4, 0.5) is 0 Å². The van der Waals surface area contributed by atoms with E-state index in [1.807, 2.05) is 121 Å². The summed E-state index contributed by atoms with van der Waals surface area (Å²) >= 11 is 21.3. The molecule has 2 aliphatic heterocycles. The van der Waals surface area contributed by atoms with Gasteiger partial charge in [-0.25, -0.2) is 0 Å². The van der Waals surface area contributed by atoms with Crippen molar-refractivity contribution >= 4 is 55.1 Å². The summed E-state index contributed by atoms with van der Waals surface area (Å²) in [5.41, 5.74) is 1.40. The Morgan fingerprint density at radius 2 is 0.838 bits per heavy atom. The third-order valence-electron chi connectivity index (χ3n) is 6.82. The second-order valence-electron chi connectivity index (χ2n) is 8.96. The standard InChI is InChI=1S/C31H20Br2Cl2O2/c32-27-19-29(36-30(27,21-11-3-1-4-12-21)23-15-7-9-17-25(23)34)20-28(33)31(37-29,22-13-5-2-6-14-22)24-16-8-10-18-26(24)35/h1-20H/t29?,30-,31-/m1/s1. The van der Waals surface area contributed by atoms with E-state index < -0.39 is 17.0 Å². The predicted octanol–water partition coefficient (Wildman–Crippen LogP) is 9.50. The molecule has 0 amide bonds. The van der Waals surface area contributed by atoms with Gasteiger partial charge in [-0.15, -0.1) is 0 Å². The second-order valence-corrected chi connectivity index (χ2v) is 11.5. The van der Waals surface area contributed by atoms with E-state index in [9.17, 15) is 0 Å². The van der Waals surface area contributed by atoms with E-state index in [1.54, 1.807) is 0 Å². The molecule has 0 N–H and O–H groups in total. The number of ether oxygens (including phenoxy) is 2. The van der Waals surface area contributed by atoms with Crippen LogP contribution in [0, 0.1) is 0 Å². The molecular formula is C31H20Br2Cl2O2. The van der Waals surface area contributed by atoms with E-state index >= 15 is 0 Å². The van der Waals surface area contributed by atoms with Crippen molar-refractivity contribution in [1.29, 1.82) is 0 Å². The molecule has 0 aliphatic carbocycles. The van der Waals surface area contributed by atoms with Gasteiger partial charge in [0.05, 0.1) is 0 Å². The lowest BCUT2D eigenvalue weighted by Crippen LogP contribution is -2.40. The Morgan fingerprint density at radius 1 is 0.486 bits per heavy atom. The number of benzene rings is 4. The number of rotatable bonds is 4. The first-order valence-corrected chi connectivity index (χ1v) is 14.0. The van der Waals surface area contributed by atoms with Crippen molar-refractivity contribution in [2.45, 2.75) is 17.0 Å². The van der Waals surface area contributed by atoms with Crippen LogP contribution in [-0.4, -0.2) is 5.79 Å². The van der Waals surface area contributed by atoms with Gasteiger partial charge in [-0.3, -0.25) is 0 Å². The molecule has 2 nitrogen and oxygen atoms in total. The van der Waals surface area contributed by atoms with Gasteiger partial charge in [0.2, 0.25) is 5.79 Å². The summed E-state index contributed by atoms with van der Waals surface area (Å²) < 4.78 is 15.7. The molecule has 4 aromatic carbocycles. The van der Waals surface area contributed by atoms with Crippen LogP contribution in [0.3, 0.4) is 0 Å². The molecule has 0 unspecified atom stereocenters. The summed E-state index contributed by atoms with van der Waals surface area (Å²) in [5, 5.41) is 1.19. The van der Waals surface area contributed by atoms with Crippen LogP contribution in [0.15, 0.2) is 130 Å². The molecule has 6 heteroatoms. The van der Waals surface area contributed by atoms with Crippen molar-refractivity contribution < 1.29 is 9.47 Å². The largest absolute Gasteiger partial charge is 0.321 e. The fraction of sp³-hybridized carbons (Fsp3) is 0.0968. The number of hydrogen-bond acceptors (Lipinski definition) is 2. The fourth-order valence-electron chi connectivity index (χ4n) is 5.22. The SMILES string of the molecule is Clc1ccccc1[C@@]1(c2ccccc2)OC2(C=C1Br)C=C(Br)[C@@](c1ccccc1)(c1ccccc1Cl)O2. The molecule has 0 aromatic heterocycles. The molecule has 0 bridgehead atoms. The van der Waals surface area contributed by atoms with Gasteiger partial charge in [-0.2, -0.15) is 0 Å². The highest BCUT2D eigenvalue weighted by molar-refractivity contribution is 9.12. The van der Waals surface area contributed by atoms with E-state index in [2.05, 4.69) is 31.9 Å². The Bertz CT molecular complexity index is 1420. The van der Waals surface area contributed by atoms with Gasteiger partial charge in [0.1, 0.15) is 0 Å². The van der Waals surface area contributed by atoms with Gasteiger partial charge < -0.3 is 9.47 Å². The molecule has 2 heterocycles. The zero-order chi connectivity index (χ0) is 25.7. The Balaban J connectivity index is 1.56. The Kier molecular flexibility index (Phi) is 6.47. The Morgan fingerprint density at radius 3 is 1.22 bits per heavy atom. The van der Waals surface area contributed by atoms with E-state index in [0.29, 0.717) is 10.0 Å². The maximum atomic E-state index is 7.08. The van der Waals surface area contributed by atoms with Gasteiger partial charge in [0.25, 0.3) is 0 Å². The van der Waals surface area contributed by atoms with E-state index in [0.717, 1.165) is 31.2 Å². The third-order valence-corrected chi connectivity index (χ3v) is 9.05. The summed E-state index contributed by atoms with van der Waals surface area (Å²) in [7, 11) is 0. The molecule has 2 atom stereocenters. The highest BCUT2D eigenvalue weighted by Crippen LogP contribution is 2.61. The topological polar surface area (TPSA) is 18.5 Å². The average Bonchev–Trinajstić information content (AvgIpc) is 3.37. The van der Waals surface area contributed by atoms with Crippen LogP contribution in [-0.2, 0) is 20.7 Å². The number of hydrogen-bond donors (Lipinski definition) is 0. The van der Waals surface area contributed by atoms with Crippen molar-refractivity contribution in [2.75, 3.05) is 0 Å². The summed E-state index contributed by atoms with van der Waals surface area (Å²) in [6.07, 6.45) is 3.93. The maximum absolute atomic E-state index is 7.08. The summed E-state index contributed by atoms with van der Waals surface area (Å²) in [6, 6.07) is 35.5. The second kappa shape index (κ2) is 9.53. The summed E-state index contributed by atoms with van der Waals surface area (Å²) in [5.74, 6) is -1.23. The minimum atomic E-state index is -1.23. The lowest BCUT2D eigenvalue weighted by Gasteiger charge is -2.38. The summed E-state index contributed by atoms with van der Waals surface area (Å²) in [4.78, 5) is 0. The molecule has 184 valence electrons. The Hall–Kier alpha value is -2.18. The van der Waals surface area contributed by atoms with Gasteiger partial charge >= 0.3 is 0 Å². The van der Waals surface area contributed by atoms with Crippen molar-refractivity contribution in [3.05, 3.63) is 163 Å². The van der Waals surface area contributed by atoms with Gasteiger partial charge in [0.15, 0.2) is 11.2 Å². The van der Waals surface area contributed by atoms with Crippen molar-refractivity contribution in [3.63, 3.8) is 0 Å². The first-order chi connectivity index (χ1) is 17.9. The van der Waals surface area contributed by atoms with Gasteiger partial charge in [-0.05, 0) is 35.4 Å². The highest BCUT2D eigenvalue weighted by Gasteiger charge is 2.60. The zero-order valence-electron chi connectivity index (χ0n) is 19.4. The Labute approximate surface area is 242 Å². The lowest BCUT2D eigenvalue weighted by molar-refractivity contribution is -0.223. The van der Waals surface area contributed by atoms with Crippen molar-refractivity contribution in [3.8, 4) is 0 Å². The van der Waals surface area contributed by atoms with Crippen LogP contribution in [0.25, 0.3) is 0 Å². The maximum Gasteiger partial charge on any atom is 0.213 e.